The summed E-state index contributed by atoms with van der Waals surface area (Å²) in [7, 11) is 2.63. The van der Waals surface area contributed by atoms with Gasteiger partial charge in [-0.05, 0) is 82.9 Å². The second-order valence-electron chi connectivity index (χ2n) is 18.4. The molecule has 2 heterocycles. The SMILES string of the molecule is CC(C)C[C@@H]1NC(=O)[C@@H](N(C)C(=O)[C@H](C)NC(=O)[C@H]2CC(F)(F)CN2C(=O)C2(C(F)(F)F)CCCCC2)CCCCNC(=O)C(C)(C)NC(=O)[C@H](Cc2cccc(C#N)c2)N(C)C1=O. The van der Waals surface area contributed by atoms with Crippen molar-refractivity contribution in [3.8, 4) is 6.07 Å². The fraction of sp³-hybridized carbons (Fsp3) is 0.682. The Kier molecular flexibility index (Phi) is 16.5. The first-order chi connectivity index (χ1) is 29.7. The van der Waals surface area contributed by atoms with E-state index in [0.29, 0.717) is 24.0 Å². The van der Waals surface area contributed by atoms with Crippen molar-refractivity contribution in [2.45, 2.75) is 153 Å². The lowest BCUT2D eigenvalue weighted by atomic mass is 9.72. The number of benzene rings is 1. The van der Waals surface area contributed by atoms with Crippen molar-refractivity contribution in [2.24, 2.45) is 11.3 Å². The first-order valence-electron chi connectivity index (χ1n) is 21.7. The number of hydrogen-bond donors (Lipinski definition) is 4. The molecular weight excluding hydrogens is 848 g/mol. The van der Waals surface area contributed by atoms with Crippen molar-refractivity contribution in [3.05, 3.63) is 35.4 Å². The van der Waals surface area contributed by atoms with Crippen molar-refractivity contribution >= 4 is 41.4 Å². The highest BCUT2D eigenvalue weighted by Crippen LogP contribution is 2.51. The third-order valence-corrected chi connectivity index (χ3v) is 12.5. The number of nitrogens with zero attached hydrogens (tertiary/aromatic N) is 4. The number of carbonyl (C=O) groups excluding carboxylic acids is 7. The summed E-state index contributed by atoms with van der Waals surface area (Å²) in [6, 6.07) is 1.17. The normalized spacial score (nSPS) is 25.1. The molecule has 4 rings (SSSR count). The van der Waals surface area contributed by atoms with Crippen LogP contribution in [0.15, 0.2) is 24.3 Å². The smallest absolute Gasteiger partial charge is 0.354 e. The molecule has 4 N–H and O–H groups in total. The second-order valence-corrected chi connectivity index (χ2v) is 18.4. The Morgan fingerprint density at radius 1 is 1.00 bits per heavy atom. The van der Waals surface area contributed by atoms with Gasteiger partial charge in [-0.2, -0.15) is 18.4 Å². The minimum atomic E-state index is -5.06. The topological polar surface area (TPSA) is 201 Å². The van der Waals surface area contributed by atoms with E-state index in [4.69, 9.17) is 0 Å². The minimum Gasteiger partial charge on any atom is -0.354 e. The average molecular weight is 909 g/mol. The van der Waals surface area contributed by atoms with E-state index in [9.17, 15) is 60.8 Å². The molecule has 2 aliphatic heterocycles. The Hall–Kier alpha value is -5.35. The number of nitrogens with one attached hydrogen (secondary N) is 4. The van der Waals surface area contributed by atoms with Crippen LogP contribution in [0.4, 0.5) is 22.0 Å². The van der Waals surface area contributed by atoms with Gasteiger partial charge in [0.05, 0.1) is 18.2 Å². The molecule has 0 radical (unpaired) electrons. The fourth-order valence-electron chi connectivity index (χ4n) is 8.73. The lowest BCUT2D eigenvalue weighted by molar-refractivity contribution is -0.236. The molecule has 20 heteroatoms. The first kappa shape index (κ1) is 51.3. The number of likely N-dealkylation sites (tertiary alicyclic amines) is 1. The van der Waals surface area contributed by atoms with Crippen LogP contribution in [0.25, 0.3) is 0 Å². The second kappa shape index (κ2) is 20.7. The Labute approximate surface area is 370 Å². The summed E-state index contributed by atoms with van der Waals surface area (Å²) in [5.41, 5.74) is -3.52. The van der Waals surface area contributed by atoms with Crippen LogP contribution in [0.3, 0.4) is 0 Å². The number of carbonyl (C=O) groups is 7. The summed E-state index contributed by atoms with van der Waals surface area (Å²) < 4.78 is 73.2. The Bertz CT molecular complexity index is 1970. The summed E-state index contributed by atoms with van der Waals surface area (Å²) in [5, 5.41) is 20.0. The number of rotatable bonds is 9. The molecule has 7 amide bonds. The summed E-state index contributed by atoms with van der Waals surface area (Å²) in [4.78, 5) is 99.7. The third kappa shape index (κ3) is 12.1. The number of halogens is 5. The molecule has 3 fully saturated rings. The lowest BCUT2D eigenvalue weighted by Gasteiger charge is -2.41. The summed E-state index contributed by atoms with van der Waals surface area (Å²) in [5.74, 6) is -10.3. The Balaban J connectivity index is 1.62. The van der Waals surface area contributed by atoms with Crippen molar-refractivity contribution in [3.63, 3.8) is 0 Å². The molecule has 354 valence electrons. The van der Waals surface area contributed by atoms with Gasteiger partial charge >= 0.3 is 6.18 Å². The van der Waals surface area contributed by atoms with Crippen LogP contribution in [0.1, 0.15) is 110 Å². The zero-order valence-electron chi connectivity index (χ0n) is 37.5. The highest BCUT2D eigenvalue weighted by molar-refractivity contribution is 5.98. The summed E-state index contributed by atoms with van der Waals surface area (Å²) >= 11 is 0. The molecular formula is C44H61F5N8O7. The van der Waals surface area contributed by atoms with E-state index in [0.717, 1.165) is 9.80 Å². The third-order valence-electron chi connectivity index (χ3n) is 12.5. The van der Waals surface area contributed by atoms with Gasteiger partial charge in [0.2, 0.25) is 41.4 Å². The maximum atomic E-state index is 14.9. The molecule has 0 aromatic heterocycles. The van der Waals surface area contributed by atoms with Crippen LogP contribution < -0.4 is 21.3 Å². The average Bonchev–Trinajstić information content (AvgIpc) is 3.56. The van der Waals surface area contributed by atoms with Crippen LogP contribution in [-0.4, -0.2) is 131 Å². The van der Waals surface area contributed by atoms with Crippen LogP contribution in [-0.2, 0) is 40.0 Å². The zero-order valence-corrected chi connectivity index (χ0v) is 37.5. The Morgan fingerprint density at radius 3 is 2.27 bits per heavy atom. The lowest BCUT2D eigenvalue weighted by Crippen LogP contribution is -2.62. The maximum absolute atomic E-state index is 14.9. The summed E-state index contributed by atoms with van der Waals surface area (Å²) in [6.45, 7) is 6.52. The number of likely N-dealkylation sites (N-methyl/N-ethyl adjacent to an activating group) is 2. The van der Waals surface area contributed by atoms with Crippen molar-refractivity contribution in [2.75, 3.05) is 27.2 Å². The van der Waals surface area contributed by atoms with Gasteiger partial charge in [-0.3, -0.25) is 33.6 Å². The van der Waals surface area contributed by atoms with Crippen molar-refractivity contribution in [1.29, 1.82) is 5.26 Å². The highest BCUT2D eigenvalue weighted by atomic mass is 19.4. The van der Waals surface area contributed by atoms with E-state index in [1.165, 1.54) is 34.9 Å². The highest BCUT2D eigenvalue weighted by Gasteiger charge is 2.64. The number of alkyl halides is 5. The first-order valence-corrected chi connectivity index (χ1v) is 21.7. The molecule has 0 spiro atoms. The van der Waals surface area contributed by atoms with E-state index >= 15 is 0 Å². The molecule has 64 heavy (non-hydrogen) atoms. The van der Waals surface area contributed by atoms with Gasteiger partial charge in [-0.1, -0.05) is 45.2 Å². The van der Waals surface area contributed by atoms with Gasteiger partial charge in [0, 0.05) is 33.5 Å². The standard InChI is InChI=1S/C44H61F5N8O7/c1-26(2)20-30-38(62)56(7)32(22-28-14-13-15-29(21-28)24-50)36(60)54-41(4,5)39(63)51-19-12-9-16-31(34(58)53-30)55(6)37(61)27(3)52-35(59)33-23-43(45,46)25-57(33)40(64)42(44(47,48)49)17-10-8-11-18-42/h13-15,21,26-27,30-33H,8-12,16-20,22-23,25H2,1-7H3,(H,51,63)(H,52,59)(H,53,58)(H,54,60)/t27-,30-,31-,32-,33+/m0/s1. The predicted octanol–water partition coefficient (Wildman–Crippen LogP) is 3.73. The Morgan fingerprint density at radius 2 is 1.66 bits per heavy atom. The molecule has 1 aromatic carbocycles. The zero-order chi connectivity index (χ0) is 47.9. The molecule has 2 saturated heterocycles. The molecule has 0 unspecified atom stereocenters. The molecule has 15 nitrogen and oxygen atoms in total. The fourth-order valence-corrected chi connectivity index (χ4v) is 8.73. The van der Waals surface area contributed by atoms with Crippen LogP contribution in [0, 0.1) is 22.7 Å². The molecule has 1 saturated carbocycles. The molecule has 3 aliphatic rings. The van der Waals surface area contributed by atoms with Gasteiger partial charge in [0.15, 0.2) is 0 Å². The largest absolute Gasteiger partial charge is 0.403 e. The maximum Gasteiger partial charge on any atom is 0.403 e. The van der Waals surface area contributed by atoms with E-state index < -0.39 is 120 Å². The van der Waals surface area contributed by atoms with Gasteiger partial charge in [0.1, 0.15) is 41.2 Å². The van der Waals surface area contributed by atoms with E-state index in [-0.39, 0.29) is 55.9 Å². The van der Waals surface area contributed by atoms with E-state index in [2.05, 4.69) is 21.3 Å². The number of hydrogen-bond acceptors (Lipinski definition) is 8. The molecule has 1 aromatic rings. The van der Waals surface area contributed by atoms with E-state index in [1.54, 1.807) is 24.3 Å². The molecule has 0 bridgehead atoms. The molecule has 1 aliphatic carbocycles. The monoisotopic (exact) mass is 908 g/mol. The van der Waals surface area contributed by atoms with Crippen LogP contribution in [0.5, 0.6) is 0 Å². The van der Waals surface area contributed by atoms with Crippen LogP contribution in [0.2, 0.25) is 0 Å². The van der Waals surface area contributed by atoms with Crippen molar-refractivity contribution < 1.29 is 55.5 Å². The van der Waals surface area contributed by atoms with Gasteiger partial charge in [-0.15, -0.1) is 0 Å². The minimum absolute atomic E-state index is 0.0162. The van der Waals surface area contributed by atoms with Crippen LogP contribution >= 0.6 is 0 Å². The van der Waals surface area contributed by atoms with E-state index in [1.807, 2.05) is 19.9 Å². The van der Waals surface area contributed by atoms with Crippen molar-refractivity contribution in [1.82, 2.24) is 36.0 Å². The van der Waals surface area contributed by atoms with Gasteiger partial charge in [-0.25, -0.2) is 8.78 Å². The number of amides is 7. The summed E-state index contributed by atoms with van der Waals surface area (Å²) in [6.07, 6.45) is -6.46. The van der Waals surface area contributed by atoms with Gasteiger partial charge in [0.25, 0.3) is 5.92 Å². The van der Waals surface area contributed by atoms with Gasteiger partial charge < -0.3 is 36.0 Å². The number of nitriles is 1. The molecule has 5 atom stereocenters. The quantitative estimate of drug-likeness (QED) is 0.269. The predicted molar refractivity (Wildman–Crippen MR) is 223 cm³/mol.